The van der Waals surface area contributed by atoms with Gasteiger partial charge in [0.2, 0.25) is 0 Å². The normalized spacial score (nSPS) is 24.8. The molecule has 1 unspecified atom stereocenters. The van der Waals surface area contributed by atoms with Crippen molar-refractivity contribution >= 4 is 29.4 Å². The highest BCUT2D eigenvalue weighted by atomic mass is 32.1. The lowest BCUT2D eigenvalue weighted by Crippen LogP contribution is -2.49. The highest BCUT2D eigenvalue weighted by Gasteiger charge is 2.52. The standard InChI is InChI=1S/C12H15N5O3S/c1-6(2)7-8(21-16-15-7)9(18)17-4-3-12(5-17)10(19)13-11(20)14-12/h6H,3-5H2,1-2H3,(H2,13,14,19,20). The first kappa shape index (κ1) is 13.9. The molecule has 112 valence electrons. The summed E-state index contributed by atoms with van der Waals surface area (Å²) in [6.07, 6.45) is 0.416. The van der Waals surface area contributed by atoms with E-state index in [0.29, 0.717) is 23.5 Å². The van der Waals surface area contributed by atoms with Crippen molar-refractivity contribution in [2.75, 3.05) is 13.1 Å². The number of urea groups is 1. The van der Waals surface area contributed by atoms with Crippen LogP contribution in [-0.2, 0) is 4.79 Å². The Morgan fingerprint density at radius 2 is 2.19 bits per heavy atom. The summed E-state index contributed by atoms with van der Waals surface area (Å²) in [6, 6.07) is -0.503. The van der Waals surface area contributed by atoms with Crippen molar-refractivity contribution in [2.45, 2.75) is 31.7 Å². The van der Waals surface area contributed by atoms with Crippen LogP contribution in [0, 0.1) is 0 Å². The Morgan fingerprint density at radius 1 is 1.43 bits per heavy atom. The molecule has 0 aliphatic carbocycles. The molecule has 2 aliphatic rings. The predicted octanol–water partition coefficient (Wildman–Crippen LogP) is 0.0856. The highest BCUT2D eigenvalue weighted by molar-refractivity contribution is 7.08. The summed E-state index contributed by atoms with van der Waals surface area (Å²) >= 11 is 1.06. The SMILES string of the molecule is CC(C)c1nnsc1C(=O)N1CCC2(C1)NC(=O)NC2=O. The van der Waals surface area contributed by atoms with Gasteiger partial charge in [-0.05, 0) is 23.9 Å². The third-order valence-corrected chi connectivity index (χ3v) is 4.56. The van der Waals surface area contributed by atoms with Crippen molar-refractivity contribution in [1.29, 1.82) is 0 Å². The number of hydrogen-bond acceptors (Lipinski definition) is 6. The maximum absolute atomic E-state index is 12.6. The van der Waals surface area contributed by atoms with E-state index in [0.717, 1.165) is 11.5 Å². The Hall–Kier alpha value is -2.03. The molecule has 1 aromatic heterocycles. The summed E-state index contributed by atoms with van der Waals surface area (Å²) in [4.78, 5) is 37.8. The van der Waals surface area contributed by atoms with Crippen LogP contribution >= 0.6 is 11.5 Å². The van der Waals surface area contributed by atoms with Gasteiger partial charge in [-0.3, -0.25) is 14.9 Å². The lowest BCUT2D eigenvalue weighted by atomic mass is 9.99. The Kier molecular flexibility index (Phi) is 3.16. The number of carbonyl (C=O) groups excluding carboxylic acids is 3. The summed E-state index contributed by atoms with van der Waals surface area (Å²) in [5.74, 6) is -0.442. The number of hydrogen-bond donors (Lipinski definition) is 2. The van der Waals surface area contributed by atoms with Gasteiger partial charge < -0.3 is 10.2 Å². The van der Waals surface area contributed by atoms with E-state index in [4.69, 9.17) is 0 Å². The van der Waals surface area contributed by atoms with Crippen molar-refractivity contribution in [1.82, 2.24) is 25.1 Å². The fourth-order valence-corrected chi connectivity index (χ4v) is 3.45. The number of carbonyl (C=O) groups is 3. The fraction of sp³-hybridized carbons (Fsp3) is 0.583. The Balaban J connectivity index is 1.80. The lowest BCUT2D eigenvalue weighted by Gasteiger charge is -2.20. The number of likely N-dealkylation sites (tertiary alicyclic amines) is 1. The molecule has 1 aromatic rings. The van der Waals surface area contributed by atoms with Crippen molar-refractivity contribution in [3.63, 3.8) is 0 Å². The van der Waals surface area contributed by atoms with E-state index in [1.54, 1.807) is 4.90 Å². The molecule has 2 aliphatic heterocycles. The highest BCUT2D eigenvalue weighted by Crippen LogP contribution is 2.28. The molecule has 21 heavy (non-hydrogen) atoms. The van der Waals surface area contributed by atoms with Crippen LogP contribution in [0.1, 0.15) is 41.6 Å². The molecule has 2 N–H and O–H groups in total. The molecular formula is C12H15N5O3S. The maximum Gasteiger partial charge on any atom is 0.322 e. The van der Waals surface area contributed by atoms with Crippen LogP contribution in [0.2, 0.25) is 0 Å². The average molecular weight is 309 g/mol. The molecule has 3 heterocycles. The minimum atomic E-state index is -0.983. The van der Waals surface area contributed by atoms with Gasteiger partial charge in [0.1, 0.15) is 10.4 Å². The molecule has 1 spiro atoms. The molecule has 0 aromatic carbocycles. The number of imide groups is 1. The van der Waals surface area contributed by atoms with Crippen LogP contribution in [0.25, 0.3) is 0 Å². The van der Waals surface area contributed by atoms with E-state index in [9.17, 15) is 14.4 Å². The van der Waals surface area contributed by atoms with Gasteiger partial charge in [-0.25, -0.2) is 4.79 Å². The number of amides is 4. The number of aromatic nitrogens is 2. The maximum atomic E-state index is 12.6. The summed E-state index contributed by atoms with van der Waals surface area (Å²) in [5.41, 5.74) is -0.311. The quantitative estimate of drug-likeness (QED) is 0.753. The van der Waals surface area contributed by atoms with Crippen molar-refractivity contribution in [2.24, 2.45) is 0 Å². The summed E-state index contributed by atoms with van der Waals surface area (Å²) < 4.78 is 3.85. The molecular weight excluding hydrogens is 294 g/mol. The molecule has 2 fully saturated rings. The third-order valence-electron chi connectivity index (χ3n) is 3.83. The molecule has 0 radical (unpaired) electrons. The molecule has 3 rings (SSSR count). The van der Waals surface area contributed by atoms with E-state index in [-0.39, 0.29) is 24.3 Å². The van der Waals surface area contributed by atoms with Gasteiger partial charge in [-0.2, -0.15) is 0 Å². The van der Waals surface area contributed by atoms with E-state index in [1.807, 2.05) is 13.8 Å². The van der Waals surface area contributed by atoms with Gasteiger partial charge in [-0.15, -0.1) is 5.10 Å². The van der Waals surface area contributed by atoms with E-state index >= 15 is 0 Å². The van der Waals surface area contributed by atoms with Crippen molar-refractivity contribution < 1.29 is 14.4 Å². The fourth-order valence-electron chi connectivity index (χ4n) is 2.67. The Bertz CT molecular complexity index is 628. The van der Waals surface area contributed by atoms with Gasteiger partial charge in [0.25, 0.3) is 11.8 Å². The zero-order valence-corrected chi connectivity index (χ0v) is 12.5. The van der Waals surface area contributed by atoms with Crippen LogP contribution in [0.3, 0.4) is 0 Å². The summed E-state index contributed by atoms with van der Waals surface area (Å²) in [5, 5.41) is 8.85. The second kappa shape index (κ2) is 4.76. The topological polar surface area (TPSA) is 104 Å². The number of nitrogens with zero attached hydrogens (tertiary/aromatic N) is 3. The molecule has 0 bridgehead atoms. The van der Waals surface area contributed by atoms with Gasteiger partial charge in [0.05, 0.1) is 12.2 Å². The van der Waals surface area contributed by atoms with Gasteiger partial charge in [-0.1, -0.05) is 18.3 Å². The van der Waals surface area contributed by atoms with E-state index < -0.39 is 11.6 Å². The Labute approximate surface area is 125 Å². The number of nitrogens with one attached hydrogen (secondary N) is 2. The van der Waals surface area contributed by atoms with Crippen LogP contribution in [0.15, 0.2) is 0 Å². The average Bonchev–Trinajstić information content (AvgIpc) is 3.10. The minimum Gasteiger partial charge on any atom is -0.335 e. The first-order chi connectivity index (χ1) is 9.93. The first-order valence-electron chi connectivity index (χ1n) is 6.68. The van der Waals surface area contributed by atoms with Crippen LogP contribution in [0.5, 0.6) is 0 Å². The monoisotopic (exact) mass is 309 g/mol. The summed E-state index contributed by atoms with van der Waals surface area (Å²) in [6.45, 7) is 4.49. The lowest BCUT2D eigenvalue weighted by molar-refractivity contribution is -0.123. The molecule has 4 amide bonds. The molecule has 2 saturated heterocycles. The zero-order chi connectivity index (χ0) is 15.2. The number of rotatable bonds is 2. The van der Waals surface area contributed by atoms with Crippen LogP contribution in [0.4, 0.5) is 4.79 Å². The van der Waals surface area contributed by atoms with Crippen LogP contribution < -0.4 is 10.6 Å². The summed E-state index contributed by atoms with van der Waals surface area (Å²) in [7, 11) is 0. The van der Waals surface area contributed by atoms with E-state index in [1.165, 1.54) is 0 Å². The van der Waals surface area contributed by atoms with E-state index in [2.05, 4.69) is 20.2 Å². The molecule has 8 nitrogen and oxygen atoms in total. The Morgan fingerprint density at radius 3 is 2.81 bits per heavy atom. The second-order valence-corrected chi connectivity index (χ2v) is 6.36. The molecule has 1 atom stereocenters. The van der Waals surface area contributed by atoms with Gasteiger partial charge in [0, 0.05) is 6.54 Å². The molecule has 9 heteroatoms. The smallest absolute Gasteiger partial charge is 0.322 e. The van der Waals surface area contributed by atoms with Crippen LogP contribution in [-0.4, -0.2) is 51.0 Å². The second-order valence-electron chi connectivity index (χ2n) is 5.61. The zero-order valence-electron chi connectivity index (χ0n) is 11.7. The van der Waals surface area contributed by atoms with Crippen molar-refractivity contribution in [3.8, 4) is 0 Å². The molecule has 0 saturated carbocycles. The largest absolute Gasteiger partial charge is 0.335 e. The van der Waals surface area contributed by atoms with Gasteiger partial charge in [0.15, 0.2) is 0 Å². The minimum absolute atomic E-state index is 0.105. The first-order valence-corrected chi connectivity index (χ1v) is 7.45. The van der Waals surface area contributed by atoms with Gasteiger partial charge >= 0.3 is 6.03 Å². The predicted molar refractivity (Wildman–Crippen MR) is 73.9 cm³/mol. The third kappa shape index (κ3) is 2.17. The van der Waals surface area contributed by atoms with Crippen molar-refractivity contribution in [3.05, 3.63) is 10.6 Å².